The second kappa shape index (κ2) is 10.3. The summed E-state index contributed by atoms with van der Waals surface area (Å²) >= 11 is 7.54. The van der Waals surface area contributed by atoms with E-state index in [9.17, 15) is 4.79 Å². The molecule has 0 spiro atoms. The number of ether oxygens (including phenoxy) is 1. The highest BCUT2D eigenvalue weighted by Crippen LogP contribution is 2.25. The number of carbonyl (C=O) groups excluding carboxylic acids is 1. The lowest BCUT2D eigenvalue weighted by atomic mass is 10.1. The highest BCUT2D eigenvalue weighted by Gasteiger charge is 2.22. The van der Waals surface area contributed by atoms with Gasteiger partial charge < -0.3 is 9.64 Å². The van der Waals surface area contributed by atoms with Crippen LogP contribution in [0.1, 0.15) is 58.0 Å². The van der Waals surface area contributed by atoms with Crippen LogP contribution in [0.4, 0.5) is 0 Å². The fraction of sp³-hybridized carbons (Fsp3) is 0.360. The maximum Gasteiger partial charge on any atom is 0.254 e. The van der Waals surface area contributed by atoms with E-state index in [1.807, 2.05) is 10.3 Å². The van der Waals surface area contributed by atoms with Gasteiger partial charge in [-0.2, -0.15) is 0 Å². The zero-order valence-corrected chi connectivity index (χ0v) is 20.3. The van der Waals surface area contributed by atoms with E-state index >= 15 is 0 Å². The largest absolute Gasteiger partial charge is 0.486 e. The maximum absolute atomic E-state index is 13.1. The first-order valence-corrected chi connectivity index (χ1v) is 11.7. The normalized spacial score (nSPS) is 11.9. The van der Waals surface area contributed by atoms with E-state index in [1.165, 1.54) is 11.1 Å². The third-order valence-corrected chi connectivity index (χ3v) is 6.64. The Morgan fingerprint density at radius 2 is 1.90 bits per heavy atom. The molecule has 1 heterocycles. The van der Waals surface area contributed by atoms with Gasteiger partial charge in [0.2, 0.25) is 0 Å². The number of aryl methyl sites for hydroxylation is 2. The van der Waals surface area contributed by atoms with Gasteiger partial charge >= 0.3 is 0 Å². The summed E-state index contributed by atoms with van der Waals surface area (Å²) in [6.45, 7) is 11.3. The van der Waals surface area contributed by atoms with Gasteiger partial charge in [0.1, 0.15) is 17.4 Å². The van der Waals surface area contributed by atoms with Crippen LogP contribution in [0.3, 0.4) is 0 Å². The van der Waals surface area contributed by atoms with Crippen LogP contribution < -0.4 is 4.74 Å². The van der Waals surface area contributed by atoms with Crippen LogP contribution in [0.25, 0.3) is 0 Å². The van der Waals surface area contributed by atoms with Crippen molar-refractivity contribution in [1.29, 1.82) is 0 Å². The van der Waals surface area contributed by atoms with E-state index < -0.39 is 0 Å². The third kappa shape index (κ3) is 5.86. The zero-order valence-electron chi connectivity index (χ0n) is 18.7. The van der Waals surface area contributed by atoms with Crippen molar-refractivity contribution >= 4 is 28.8 Å². The lowest BCUT2D eigenvalue weighted by Crippen LogP contribution is -2.37. The number of amides is 1. The van der Waals surface area contributed by atoms with Crippen LogP contribution in [0.2, 0.25) is 5.02 Å². The Kier molecular flexibility index (Phi) is 7.74. The molecule has 2 aromatic carbocycles. The summed E-state index contributed by atoms with van der Waals surface area (Å²) in [7, 11) is 0. The van der Waals surface area contributed by atoms with Gasteiger partial charge in [0.05, 0.1) is 12.2 Å². The van der Waals surface area contributed by atoms with Crippen LogP contribution in [0, 0.1) is 20.8 Å². The zero-order chi connectivity index (χ0) is 22.5. The van der Waals surface area contributed by atoms with Crippen molar-refractivity contribution < 1.29 is 9.53 Å². The molecule has 1 aromatic heterocycles. The van der Waals surface area contributed by atoms with E-state index in [-0.39, 0.29) is 11.9 Å². The fourth-order valence-corrected chi connectivity index (χ4v) is 4.18. The molecule has 0 aliphatic carbocycles. The Morgan fingerprint density at radius 1 is 1.19 bits per heavy atom. The van der Waals surface area contributed by atoms with Crippen LogP contribution in [0.5, 0.6) is 5.75 Å². The van der Waals surface area contributed by atoms with Gasteiger partial charge in [0.25, 0.3) is 5.91 Å². The number of nitrogens with zero attached hydrogens (tertiary/aromatic N) is 2. The number of aromatic nitrogens is 1. The predicted octanol–water partition coefficient (Wildman–Crippen LogP) is 6.74. The lowest BCUT2D eigenvalue weighted by Gasteiger charge is -2.28. The van der Waals surface area contributed by atoms with Crippen molar-refractivity contribution in [3.63, 3.8) is 0 Å². The number of thiazole rings is 1. The van der Waals surface area contributed by atoms with E-state index in [0.29, 0.717) is 23.7 Å². The molecule has 0 saturated heterocycles. The maximum atomic E-state index is 13.1. The molecule has 3 aromatic rings. The molecule has 31 heavy (non-hydrogen) atoms. The monoisotopic (exact) mass is 456 g/mol. The van der Waals surface area contributed by atoms with Crippen molar-refractivity contribution in [2.45, 2.75) is 60.2 Å². The van der Waals surface area contributed by atoms with Gasteiger partial charge in [-0.3, -0.25) is 4.79 Å². The summed E-state index contributed by atoms with van der Waals surface area (Å²) in [5, 5.41) is 3.53. The number of benzene rings is 2. The highest BCUT2D eigenvalue weighted by molar-refractivity contribution is 7.09. The first kappa shape index (κ1) is 23.3. The van der Waals surface area contributed by atoms with Gasteiger partial charge in [-0.15, -0.1) is 11.3 Å². The molecule has 4 nitrogen and oxygen atoms in total. The molecule has 0 bridgehead atoms. The molecule has 3 rings (SSSR count). The minimum absolute atomic E-state index is 0.0114. The van der Waals surface area contributed by atoms with Gasteiger partial charge in [-0.05, 0) is 81.1 Å². The molecule has 1 atom stereocenters. The lowest BCUT2D eigenvalue weighted by molar-refractivity contribution is 0.0669. The standard InChI is InChI=1S/C25H29ClN2O2S/c1-6-18(4)28(25(29)20-7-9-21(26)10-8-20)13-22-15-31-24(27-22)14-30-23-12-16(2)11-17(3)19(23)5/h7-12,15,18H,6,13-14H2,1-5H3/t18-/m0/s1. The van der Waals surface area contributed by atoms with E-state index in [4.69, 9.17) is 21.3 Å². The summed E-state index contributed by atoms with van der Waals surface area (Å²) in [4.78, 5) is 19.7. The van der Waals surface area contributed by atoms with E-state index in [0.717, 1.165) is 28.4 Å². The summed E-state index contributed by atoms with van der Waals surface area (Å²) in [6.07, 6.45) is 0.866. The Morgan fingerprint density at radius 3 is 2.58 bits per heavy atom. The quantitative estimate of drug-likeness (QED) is 0.376. The minimum atomic E-state index is -0.0114. The summed E-state index contributed by atoms with van der Waals surface area (Å²) in [6, 6.07) is 11.4. The topological polar surface area (TPSA) is 42.4 Å². The molecular formula is C25H29ClN2O2S. The summed E-state index contributed by atoms with van der Waals surface area (Å²) in [5.74, 6) is 0.885. The highest BCUT2D eigenvalue weighted by atomic mass is 35.5. The number of rotatable bonds is 8. The molecule has 6 heteroatoms. The van der Waals surface area contributed by atoms with Crippen LogP contribution in [-0.4, -0.2) is 21.8 Å². The van der Waals surface area contributed by atoms with Crippen LogP contribution in [0.15, 0.2) is 41.8 Å². The van der Waals surface area contributed by atoms with Crippen molar-refractivity contribution in [3.05, 3.63) is 79.8 Å². The van der Waals surface area contributed by atoms with E-state index in [1.54, 1.807) is 35.6 Å². The van der Waals surface area contributed by atoms with Crippen molar-refractivity contribution in [2.24, 2.45) is 0 Å². The number of hydrogen-bond donors (Lipinski definition) is 0. The number of hydrogen-bond acceptors (Lipinski definition) is 4. The summed E-state index contributed by atoms with van der Waals surface area (Å²) < 4.78 is 6.05. The molecular weight excluding hydrogens is 428 g/mol. The Labute approximate surface area is 193 Å². The minimum Gasteiger partial charge on any atom is -0.486 e. The first-order chi connectivity index (χ1) is 14.8. The van der Waals surface area contributed by atoms with Crippen molar-refractivity contribution in [2.75, 3.05) is 0 Å². The average Bonchev–Trinajstić information content (AvgIpc) is 3.20. The molecule has 164 valence electrons. The van der Waals surface area contributed by atoms with E-state index in [2.05, 4.69) is 46.8 Å². The Balaban J connectivity index is 1.71. The van der Waals surface area contributed by atoms with Gasteiger partial charge in [0.15, 0.2) is 0 Å². The molecule has 1 amide bonds. The average molecular weight is 457 g/mol. The van der Waals surface area contributed by atoms with Crippen molar-refractivity contribution in [3.8, 4) is 5.75 Å². The molecule has 0 radical (unpaired) electrons. The van der Waals surface area contributed by atoms with Crippen LogP contribution >= 0.6 is 22.9 Å². The van der Waals surface area contributed by atoms with Gasteiger partial charge in [-0.1, -0.05) is 24.6 Å². The Bertz CT molecular complexity index is 1050. The molecule has 0 N–H and O–H groups in total. The van der Waals surface area contributed by atoms with Gasteiger partial charge in [0, 0.05) is 22.0 Å². The second-order valence-electron chi connectivity index (χ2n) is 7.92. The molecule has 0 fully saturated rings. The van der Waals surface area contributed by atoms with Crippen molar-refractivity contribution in [1.82, 2.24) is 9.88 Å². The molecule has 0 aliphatic heterocycles. The predicted molar refractivity (Wildman–Crippen MR) is 128 cm³/mol. The smallest absolute Gasteiger partial charge is 0.254 e. The molecule has 0 aliphatic rings. The van der Waals surface area contributed by atoms with Crippen LogP contribution in [-0.2, 0) is 13.2 Å². The molecule has 0 unspecified atom stereocenters. The summed E-state index contributed by atoms with van der Waals surface area (Å²) in [5.41, 5.74) is 5.07. The van der Waals surface area contributed by atoms with Gasteiger partial charge in [-0.25, -0.2) is 4.98 Å². The number of halogens is 1. The Hall–Kier alpha value is -2.37. The number of carbonyl (C=O) groups is 1. The SMILES string of the molecule is CC[C@H](C)N(Cc1csc(COc2cc(C)cc(C)c2C)n1)C(=O)c1ccc(Cl)cc1. The molecule has 0 saturated carbocycles. The third-order valence-electron chi connectivity index (χ3n) is 5.52. The second-order valence-corrected chi connectivity index (χ2v) is 9.30. The first-order valence-electron chi connectivity index (χ1n) is 10.5. The fourth-order valence-electron chi connectivity index (χ4n) is 3.36.